The maximum atomic E-state index is 5.66. The molecule has 2 aromatic rings. The van der Waals surface area contributed by atoms with Gasteiger partial charge in [-0.25, -0.2) is 0 Å². The van der Waals surface area contributed by atoms with Crippen LogP contribution >= 0.6 is 0 Å². The Labute approximate surface area is 101 Å². The van der Waals surface area contributed by atoms with Crippen LogP contribution in [0.5, 0.6) is 5.75 Å². The van der Waals surface area contributed by atoms with Crippen molar-refractivity contribution in [3.63, 3.8) is 0 Å². The third-order valence-corrected chi connectivity index (χ3v) is 2.51. The van der Waals surface area contributed by atoms with Gasteiger partial charge in [0, 0.05) is 18.9 Å². The van der Waals surface area contributed by atoms with E-state index in [0.717, 1.165) is 17.1 Å². The van der Waals surface area contributed by atoms with Crippen LogP contribution in [0.2, 0.25) is 0 Å². The quantitative estimate of drug-likeness (QED) is 0.873. The minimum absolute atomic E-state index is 0.485. The van der Waals surface area contributed by atoms with E-state index in [0.29, 0.717) is 6.61 Å². The molecule has 0 aliphatic rings. The van der Waals surface area contributed by atoms with Gasteiger partial charge in [0.2, 0.25) is 0 Å². The normalized spacial score (nSPS) is 10.0. The summed E-state index contributed by atoms with van der Waals surface area (Å²) in [4.78, 5) is 4.25. The lowest BCUT2D eigenvalue weighted by Gasteiger charge is -2.07. The van der Waals surface area contributed by atoms with E-state index in [-0.39, 0.29) is 0 Å². The maximum Gasteiger partial charge on any atom is 0.130 e. The highest BCUT2D eigenvalue weighted by atomic mass is 16.5. The number of nitrogens with zero attached hydrogens (tertiary/aromatic N) is 1. The van der Waals surface area contributed by atoms with Crippen LogP contribution in [0.25, 0.3) is 0 Å². The van der Waals surface area contributed by atoms with Crippen molar-refractivity contribution in [1.82, 2.24) is 4.98 Å². The topological polar surface area (TPSA) is 34.2 Å². The molecular formula is C14H16N2O. The smallest absolute Gasteiger partial charge is 0.130 e. The lowest BCUT2D eigenvalue weighted by atomic mass is 10.2. The van der Waals surface area contributed by atoms with Gasteiger partial charge < -0.3 is 10.1 Å². The molecule has 1 aromatic carbocycles. The second-order valence-corrected chi connectivity index (χ2v) is 3.89. The summed E-state index contributed by atoms with van der Waals surface area (Å²) < 4.78 is 5.66. The molecule has 0 radical (unpaired) electrons. The van der Waals surface area contributed by atoms with Gasteiger partial charge in [-0.15, -0.1) is 0 Å². The van der Waals surface area contributed by atoms with Crippen molar-refractivity contribution >= 4 is 5.69 Å². The van der Waals surface area contributed by atoms with Crippen LogP contribution in [0.1, 0.15) is 11.3 Å². The van der Waals surface area contributed by atoms with Crippen molar-refractivity contribution in [2.45, 2.75) is 13.5 Å². The van der Waals surface area contributed by atoms with Crippen molar-refractivity contribution in [2.24, 2.45) is 0 Å². The van der Waals surface area contributed by atoms with E-state index in [4.69, 9.17) is 4.74 Å². The third kappa shape index (κ3) is 3.21. The van der Waals surface area contributed by atoms with Gasteiger partial charge in [0.05, 0.1) is 5.69 Å². The molecule has 0 saturated heterocycles. The van der Waals surface area contributed by atoms with Gasteiger partial charge in [0.25, 0.3) is 0 Å². The molecule has 3 nitrogen and oxygen atoms in total. The first-order chi connectivity index (χ1) is 8.28. The van der Waals surface area contributed by atoms with Gasteiger partial charge in [-0.05, 0) is 31.2 Å². The molecule has 2 rings (SSSR count). The Kier molecular flexibility index (Phi) is 3.60. The summed E-state index contributed by atoms with van der Waals surface area (Å²) in [5, 5.41) is 3.08. The van der Waals surface area contributed by atoms with E-state index in [1.165, 1.54) is 5.56 Å². The molecule has 1 N–H and O–H groups in total. The van der Waals surface area contributed by atoms with Crippen molar-refractivity contribution < 1.29 is 4.74 Å². The van der Waals surface area contributed by atoms with E-state index in [1.807, 2.05) is 43.4 Å². The molecule has 0 spiro atoms. The van der Waals surface area contributed by atoms with Gasteiger partial charge in [-0.2, -0.15) is 0 Å². The fourth-order valence-corrected chi connectivity index (χ4v) is 1.50. The molecule has 3 heteroatoms. The molecule has 0 saturated carbocycles. The summed E-state index contributed by atoms with van der Waals surface area (Å²) in [5.41, 5.74) is 3.19. The predicted octanol–water partition coefficient (Wildman–Crippen LogP) is 3.01. The Hall–Kier alpha value is -2.03. The fraction of sp³-hybridized carbons (Fsp3) is 0.214. The molecular weight excluding hydrogens is 212 g/mol. The van der Waals surface area contributed by atoms with Crippen LogP contribution < -0.4 is 10.1 Å². The van der Waals surface area contributed by atoms with Crippen molar-refractivity contribution in [1.29, 1.82) is 0 Å². The first kappa shape index (κ1) is 11.5. The first-order valence-electron chi connectivity index (χ1n) is 5.60. The Morgan fingerprint density at radius 3 is 2.65 bits per heavy atom. The van der Waals surface area contributed by atoms with E-state index in [1.54, 1.807) is 6.20 Å². The third-order valence-electron chi connectivity index (χ3n) is 2.51. The Bertz CT molecular complexity index is 480. The van der Waals surface area contributed by atoms with Gasteiger partial charge >= 0.3 is 0 Å². The number of pyridine rings is 1. The highest BCUT2D eigenvalue weighted by Crippen LogP contribution is 2.14. The van der Waals surface area contributed by atoms with Crippen molar-refractivity contribution in [3.8, 4) is 5.75 Å². The lowest BCUT2D eigenvalue weighted by Crippen LogP contribution is -1.99. The molecule has 0 bridgehead atoms. The van der Waals surface area contributed by atoms with Crippen molar-refractivity contribution in [2.75, 3.05) is 12.4 Å². The molecule has 0 aliphatic carbocycles. The molecule has 17 heavy (non-hydrogen) atoms. The maximum absolute atomic E-state index is 5.66. The zero-order valence-electron chi connectivity index (χ0n) is 10.1. The van der Waals surface area contributed by atoms with Crippen LogP contribution in [0.3, 0.4) is 0 Å². The predicted molar refractivity (Wildman–Crippen MR) is 69.3 cm³/mol. The van der Waals surface area contributed by atoms with Crippen LogP contribution in [-0.4, -0.2) is 12.0 Å². The highest BCUT2D eigenvalue weighted by Gasteiger charge is 1.98. The molecule has 0 amide bonds. The van der Waals surface area contributed by atoms with Crippen LogP contribution in [0.4, 0.5) is 5.69 Å². The Morgan fingerprint density at radius 1 is 1.18 bits per heavy atom. The second kappa shape index (κ2) is 5.34. The van der Waals surface area contributed by atoms with Crippen molar-refractivity contribution in [3.05, 3.63) is 53.9 Å². The first-order valence-corrected chi connectivity index (χ1v) is 5.60. The number of anilines is 1. The number of nitrogens with one attached hydrogen (secondary N) is 1. The number of aromatic nitrogens is 1. The van der Waals surface area contributed by atoms with Gasteiger partial charge in [0.1, 0.15) is 12.4 Å². The van der Waals surface area contributed by atoms with Gasteiger partial charge in [0.15, 0.2) is 0 Å². The summed E-state index contributed by atoms with van der Waals surface area (Å²) in [6.45, 7) is 2.54. The summed E-state index contributed by atoms with van der Waals surface area (Å²) in [7, 11) is 1.89. The largest absolute Gasteiger partial charge is 0.487 e. The zero-order chi connectivity index (χ0) is 12.1. The van der Waals surface area contributed by atoms with Crippen LogP contribution in [0, 0.1) is 6.92 Å². The average molecular weight is 228 g/mol. The SMILES string of the molecule is CNc1ccnc(COc2ccc(C)cc2)c1. The zero-order valence-corrected chi connectivity index (χ0v) is 10.1. The Balaban J connectivity index is 1.99. The number of rotatable bonds is 4. The average Bonchev–Trinajstić information content (AvgIpc) is 2.38. The molecule has 1 heterocycles. The van der Waals surface area contributed by atoms with E-state index in [2.05, 4.69) is 17.2 Å². The molecule has 0 unspecified atom stereocenters. The van der Waals surface area contributed by atoms with Gasteiger partial charge in [-0.3, -0.25) is 4.98 Å². The number of ether oxygens (including phenoxy) is 1. The summed E-state index contributed by atoms with van der Waals surface area (Å²) in [6.07, 6.45) is 1.78. The number of hydrogen-bond donors (Lipinski definition) is 1. The minimum atomic E-state index is 0.485. The lowest BCUT2D eigenvalue weighted by molar-refractivity contribution is 0.301. The Morgan fingerprint density at radius 2 is 1.94 bits per heavy atom. The number of aryl methyl sites for hydroxylation is 1. The van der Waals surface area contributed by atoms with Crippen LogP contribution in [-0.2, 0) is 6.61 Å². The fourth-order valence-electron chi connectivity index (χ4n) is 1.50. The molecule has 0 fully saturated rings. The van der Waals surface area contributed by atoms with E-state index in [9.17, 15) is 0 Å². The summed E-state index contributed by atoms with van der Waals surface area (Å²) >= 11 is 0. The minimum Gasteiger partial charge on any atom is -0.487 e. The van der Waals surface area contributed by atoms with E-state index < -0.39 is 0 Å². The standard InChI is InChI=1S/C14H16N2O/c1-11-3-5-14(6-4-11)17-10-13-9-12(15-2)7-8-16-13/h3-9H,10H2,1-2H3,(H,15,16). The summed E-state index contributed by atoms with van der Waals surface area (Å²) in [6, 6.07) is 11.9. The number of hydrogen-bond acceptors (Lipinski definition) is 3. The van der Waals surface area contributed by atoms with Gasteiger partial charge in [-0.1, -0.05) is 17.7 Å². The molecule has 1 aromatic heterocycles. The number of benzene rings is 1. The molecule has 0 aliphatic heterocycles. The highest BCUT2D eigenvalue weighted by molar-refractivity contribution is 5.42. The molecule has 88 valence electrons. The van der Waals surface area contributed by atoms with Crippen LogP contribution in [0.15, 0.2) is 42.6 Å². The second-order valence-electron chi connectivity index (χ2n) is 3.89. The summed E-state index contributed by atoms with van der Waals surface area (Å²) in [5.74, 6) is 0.868. The molecule has 0 atom stereocenters. The monoisotopic (exact) mass is 228 g/mol. The van der Waals surface area contributed by atoms with E-state index >= 15 is 0 Å².